The van der Waals surface area contributed by atoms with Crippen molar-refractivity contribution in [3.8, 4) is 0 Å². The first-order valence-corrected chi connectivity index (χ1v) is 13.8. The molecular formula is C23H22ClN3O4S2. The van der Waals surface area contributed by atoms with Crippen LogP contribution in [0.5, 0.6) is 0 Å². The number of anilines is 1. The van der Waals surface area contributed by atoms with Crippen LogP contribution in [0.4, 0.5) is 5.69 Å². The fourth-order valence-electron chi connectivity index (χ4n) is 3.77. The maximum Gasteiger partial charge on any atom is 0.279 e. The third kappa shape index (κ3) is 5.05. The molecule has 1 heterocycles. The molecule has 0 unspecified atom stereocenters. The van der Waals surface area contributed by atoms with E-state index in [9.17, 15) is 16.8 Å². The van der Waals surface area contributed by atoms with Gasteiger partial charge in [0.05, 0.1) is 22.9 Å². The molecule has 0 aromatic heterocycles. The lowest BCUT2D eigenvalue weighted by atomic mass is 9.96. The standard InChI is InChI=1S/C23H22ClN3O4S2/c1-16-6-3-4-9-21(16)23-15-22(17-7-5-8-19(14-17)26-32(2,28)29)25-27(23)33(30,31)20-12-10-18(24)11-13-20/h3-14,23,26H,15H2,1-2H3/t23-/m0/s1. The van der Waals surface area contributed by atoms with Gasteiger partial charge in [0.25, 0.3) is 10.0 Å². The molecule has 172 valence electrons. The van der Waals surface area contributed by atoms with E-state index in [-0.39, 0.29) is 4.90 Å². The topological polar surface area (TPSA) is 95.9 Å². The van der Waals surface area contributed by atoms with Gasteiger partial charge in [0.2, 0.25) is 10.0 Å². The molecule has 0 amide bonds. The number of benzene rings is 3. The first-order valence-electron chi connectivity index (χ1n) is 10.1. The largest absolute Gasteiger partial charge is 0.284 e. The Kier molecular flexibility index (Phi) is 6.22. The van der Waals surface area contributed by atoms with Gasteiger partial charge in [-0.1, -0.05) is 48.0 Å². The Morgan fingerprint density at radius 1 is 0.970 bits per heavy atom. The third-order valence-corrected chi connectivity index (χ3v) is 7.83. The van der Waals surface area contributed by atoms with Gasteiger partial charge in [-0.2, -0.15) is 17.9 Å². The summed E-state index contributed by atoms with van der Waals surface area (Å²) in [4.78, 5) is 0.0861. The number of hydrogen-bond acceptors (Lipinski definition) is 5. The van der Waals surface area contributed by atoms with Crippen LogP contribution in [0.1, 0.15) is 29.2 Å². The average Bonchev–Trinajstić information content (AvgIpc) is 3.20. The summed E-state index contributed by atoms with van der Waals surface area (Å²) >= 11 is 5.95. The van der Waals surface area contributed by atoms with Crippen LogP contribution in [0.25, 0.3) is 0 Å². The number of nitrogens with one attached hydrogen (secondary N) is 1. The van der Waals surface area contributed by atoms with Crippen molar-refractivity contribution in [2.45, 2.75) is 24.3 Å². The van der Waals surface area contributed by atoms with Gasteiger partial charge in [-0.3, -0.25) is 4.72 Å². The summed E-state index contributed by atoms with van der Waals surface area (Å²) in [7, 11) is -7.43. The maximum absolute atomic E-state index is 13.6. The van der Waals surface area contributed by atoms with Crippen LogP contribution >= 0.6 is 11.6 Å². The van der Waals surface area contributed by atoms with Gasteiger partial charge >= 0.3 is 0 Å². The molecule has 1 atom stereocenters. The van der Waals surface area contributed by atoms with Gasteiger partial charge in [0.15, 0.2) is 0 Å². The molecule has 1 aliphatic heterocycles. The Hall–Kier alpha value is -2.88. The highest BCUT2D eigenvalue weighted by molar-refractivity contribution is 7.92. The number of aryl methyl sites for hydroxylation is 1. The molecule has 33 heavy (non-hydrogen) atoms. The van der Waals surface area contributed by atoms with Crippen molar-refractivity contribution in [3.05, 3.63) is 94.5 Å². The molecule has 0 saturated heterocycles. The summed E-state index contributed by atoms with van der Waals surface area (Å²) in [6, 6.07) is 19.7. The van der Waals surface area contributed by atoms with Gasteiger partial charge in [-0.05, 0) is 60.0 Å². The number of nitrogens with zero attached hydrogens (tertiary/aromatic N) is 2. The fourth-order valence-corrected chi connectivity index (χ4v) is 5.87. The van der Waals surface area contributed by atoms with Crippen molar-refractivity contribution in [1.29, 1.82) is 0 Å². The van der Waals surface area contributed by atoms with E-state index in [1.165, 1.54) is 24.3 Å². The molecule has 0 radical (unpaired) electrons. The van der Waals surface area contributed by atoms with Gasteiger partial charge < -0.3 is 0 Å². The molecule has 7 nitrogen and oxygen atoms in total. The zero-order valence-corrected chi connectivity index (χ0v) is 20.3. The summed E-state index contributed by atoms with van der Waals surface area (Å²) in [5, 5.41) is 4.95. The molecule has 0 saturated carbocycles. The predicted molar refractivity (Wildman–Crippen MR) is 130 cm³/mol. The second-order valence-corrected chi connectivity index (χ2v) is 11.8. The highest BCUT2D eigenvalue weighted by atomic mass is 35.5. The number of halogens is 1. The maximum atomic E-state index is 13.6. The van der Waals surface area contributed by atoms with Crippen LogP contribution in [-0.2, 0) is 20.0 Å². The molecule has 4 rings (SSSR count). The molecule has 0 fully saturated rings. The quantitative estimate of drug-likeness (QED) is 0.533. The van der Waals surface area contributed by atoms with Crippen molar-refractivity contribution in [2.24, 2.45) is 5.10 Å². The third-order valence-electron chi connectivity index (χ3n) is 5.28. The van der Waals surface area contributed by atoms with Crippen LogP contribution in [0.15, 0.2) is 82.8 Å². The number of hydrogen-bond donors (Lipinski definition) is 1. The molecule has 1 N–H and O–H groups in total. The monoisotopic (exact) mass is 503 g/mol. The van der Waals surface area contributed by atoms with Crippen molar-refractivity contribution >= 4 is 43.0 Å². The van der Waals surface area contributed by atoms with E-state index in [2.05, 4.69) is 9.82 Å². The average molecular weight is 504 g/mol. The van der Waals surface area contributed by atoms with Crippen molar-refractivity contribution < 1.29 is 16.8 Å². The summed E-state index contributed by atoms with van der Waals surface area (Å²) in [5.74, 6) is 0. The first kappa shape index (κ1) is 23.3. The SMILES string of the molecule is Cc1ccccc1[C@@H]1CC(c2cccc(NS(C)(=O)=O)c2)=NN1S(=O)(=O)c1ccc(Cl)cc1. The lowest BCUT2D eigenvalue weighted by Gasteiger charge is -2.24. The summed E-state index contributed by atoms with van der Waals surface area (Å²) in [6.45, 7) is 1.93. The lowest BCUT2D eigenvalue weighted by Crippen LogP contribution is -2.27. The van der Waals surface area contributed by atoms with E-state index in [1.807, 2.05) is 31.2 Å². The van der Waals surface area contributed by atoms with E-state index >= 15 is 0 Å². The Morgan fingerprint density at radius 3 is 2.33 bits per heavy atom. The van der Waals surface area contributed by atoms with Gasteiger partial charge in [-0.15, -0.1) is 0 Å². The summed E-state index contributed by atoms with van der Waals surface area (Å²) in [5.41, 5.74) is 3.35. The van der Waals surface area contributed by atoms with Crippen molar-refractivity contribution in [3.63, 3.8) is 0 Å². The number of rotatable bonds is 6. The predicted octanol–water partition coefficient (Wildman–Crippen LogP) is 4.56. The molecule has 1 aliphatic rings. The molecular weight excluding hydrogens is 482 g/mol. The van der Waals surface area contributed by atoms with Crippen LogP contribution in [-0.4, -0.2) is 33.2 Å². The zero-order chi connectivity index (χ0) is 23.8. The molecule has 0 aliphatic carbocycles. The Bertz CT molecular complexity index is 1440. The summed E-state index contributed by atoms with van der Waals surface area (Å²) in [6.07, 6.45) is 1.40. The van der Waals surface area contributed by atoms with Crippen molar-refractivity contribution in [1.82, 2.24) is 4.41 Å². The second-order valence-electron chi connectivity index (χ2n) is 7.81. The van der Waals surface area contributed by atoms with E-state index < -0.39 is 26.1 Å². The highest BCUT2D eigenvalue weighted by Crippen LogP contribution is 2.38. The van der Waals surface area contributed by atoms with E-state index in [0.29, 0.717) is 28.4 Å². The minimum absolute atomic E-state index is 0.0861. The van der Waals surface area contributed by atoms with Crippen LogP contribution in [0, 0.1) is 6.92 Å². The minimum atomic E-state index is -3.97. The lowest BCUT2D eigenvalue weighted by molar-refractivity contribution is 0.370. The first-order chi connectivity index (χ1) is 15.5. The number of hydrazone groups is 1. The van der Waals surface area contributed by atoms with Crippen LogP contribution < -0.4 is 4.72 Å². The van der Waals surface area contributed by atoms with Gasteiger partial charge in [0, 0.05) is 17.1 Å². The molecule has 0 bridgehead atoms. The normalized spacial score (nSPS) is 16.5. The minimum Gasteiger partial charge on any atom is -0.284 e. The van der Waals surface area contributed by atoms with E-state index in [0.717, 1.165) is 21.8 Å². The Balaban J connectivity index is 1.80. The van der Waals surface area contributed by atoms with Crippen LogP contribution in [0.3, 0.4) is 0 Å². The molecule has 0 spiro atoms. The fraction of sp³-hybridized carbons (Fsp3) is 0.174. The van der Waals surface area contributed by atoms with Gasteiger partial charge in [-0.25, -0.2) is 8.42 Å². The Labute approximate surface area is 198 Å². The van der Waals surface area contributed by atoms with Gasteiger partial charge in [0.1, 0.15) is 0 Å². The number of sulfonamides is 2. The Morgan fingerprint density at radius 2 is 1.67 bits per heavy atom. The zero-order valence-electron chi connectivity index (χ0n) is 17.9. The van der Waals surface area contributed by atoms with Crippen molar-refractivity contribution in [2.75, 3.05) is 11.0 Å². The molecule has 3 aromatic rings. The molecule has 3 aromatic carbocycles. The highest BCUT2D eigenvalue weighted by Gasteiger charge is 2.38. The van der Waals surface area contributed by atoms with E-state index in [4.69, 9.17) is 11.6 Å². The summed E-state index contributed by atoms with van der Waals surface area (Å²) < 4.78 is 54.0. The second kappa shape index (κ2) is 8.81. The smallest absolute Gasteiger partial charge is 0.279 e. The molecule has 10 heteroatoms. The van der Waals surface area contributed by atoms with Crippen LogP contribution in [0.2, 0.25) is 5.02 Å². The van der Waals surface area contributed by atoms with E-state index in [1.54, 1.807) is 24.3 Å².